The molecule has 1 aliphatic rings. The van der Waals surface area contributed by atoms with Crippen LogP contribution in [0, 0.1) is 11.8 Å². The van der Waals surface area contributed by atoms with E-state index in [0.717, 1.165) is 18.7 Å². The lowest BCUT2D eigenvalue weighted by Gasteiger charge is -2.20. The second-order valence-corrected chi connectivity index (χ2v) is 5.28. The second kappa shape index (κ2) is 6.13. The molecule has 0 aromatic rings. The molecule has 16 heavy (non-hydrogen) atoms. The Labute approximate surface area is 100 Å². The Kier molecular flexibility index (Phi) is 5.12. The molecule has 4 nitrogen and oxygen atoms in total. The van der Waals surface area contributed by atoms with Gasteiger partial charge in [-0.3, -0.25) is 9.59 Å². The Hall–Kier alpha value is -0.710. The number of carboxylic acids is 1. The largest absolute Gasteiger partial charge is 0.481 e. The number of aliphatic carboxylic acids is 1. The van der Waals surface area contributed by atoms with Crippen LogP contribution in [0.15, 0.2) is 0 Å². The Morgan fingerprint density at radius 1 is 1.38 bits per heavy atom. The van der Waals surface area contributed by atoms with Gasteiger partial charge in [-0.1, -0.05) is 0 Å². The van der Waals surface area contributed by atoms with Crippen LogP contribution in [0.1, 0.15) is 19.3 Å². The lowest BCUT2D eigenvalue weighted by Crippen LogP contribution is -2.33. The molecule has 92 valence electrons. The van der Waals surface area contributed by atoms with E-state index >= 15 is 0 Å². The zero-order valence-electron chi connectivity index (χ0n) is 9.81. The Balaban J connectivity index is 2.41. The van der Waals surface area contributed by atoms with Crippen molar-refractivity contribution in [3.8, 4) is 0 Å². The summed E-state index contributed by atoms with van der Waals surface area (Å²) in [5.74, 6) is -0.118. The van der Waals surface area contributed by atoms with Crippen molar-refractivity contribution in [3.63, 3.8) is 0 Å². The van der Waals surface area contributed by atoms with Crippen LogP contribution in [-0.4, -0.2) is 47.5 Å². The van der Waals surface area contributed by atoms with E-state index < -0.39 is 5.97 Å². The summed E-state index contributed by atoms with van der Waals surface area (Å²) in [6, 6.07) is 0. The van der Waals surface area contributed by atoms with E-state index in [0.29, 0.717) is 12.8 Å². The molecule has 1 amide bonds. The number of amides is 1. The number of hydrogen-bond acceptors (Lipinski definition) is 3. The van der Waals surface area contributed by atoms with Crippen molar-refractivity contribution in [2.24, 2.45) is 11.8 Å². The van der Waals surface area contributed by atoms with Gasteiger partial charge in [0, 0.05) is 25.3 Å². The number of carbonyl (C=O) groups is 2. The molecule has 0 radical (unpaired) electrons. The van der Waals surface area contributed by atoms with E-state index in [9.17, 15) is 9.59 Å². The smallest absolute Gasteiger partial charge is 0.306 e. The van der Waals surface area contributed by atoms with Crippen molar-refractivity contribution < 1.29 is 14.7 Å². The highest BCUT2D eigenvalue weighted by molar-refractivity contribution is 7.98. The van der Waals surface area contributed by atoms with Gasteiger partial charge in [-0.2, -0.15) is 11.8 Å². The van der Waals surface area contributed by atoms with Gasteiger partial charge in [-0.25, -0.2) is 0 Å². The van der Waals surface area contributed by atoms with Crippen molar-refractivity contribution in [1.29, 1.82) is 0 Å². The third-order valence-electron chi connectivity index (χ3n) is 3.14. The third kappa shape index (κ3) is 3.40. The average Bonchev–Trinajstić information content (AvgIpc) is 2.74. The Bertz CT molecular complexity index is 270. The minimum atomic E-state index is -0.762. The molecule has 0 aliphatic heterocycles. The standard InChI is InChI=1S/C11H19NO3S/c1-12(5-6-16-2)10(13)8-3-4-9(7-8)11(14)15/h8-9H,3-7H2,1-2H3,(H,14,15)/t8-,9+/m1/s1. The highest BCUT2D eigenvalue weighted by Crippen LogP contribution is 2.32. The van der Waals surface area contributed by atoms with Crippen LogP contribution in [0.5, 0.6) is 0 Å². The van der Waals surface area contributed by atoms with Gasteiger partial charge in [-0.05, 0) is 25.5 Å². The zero-order valence-corrected chi connectivity index (χ0v) is 10.6. The van der Waals surface area contributed by atoms with E-state index in [1.807, 2.05) is 6.26 Å². The van der Waals surface area contributed by atoms with E-state index in [-0.39, 0.29) is 17.7 Å². The van der Waals surface area contributed by atoms with E-state index in [1.54, 1.807) is 23.7 Å². The summed E-state index contributed by atoms with van der Waals surface area (Å²) >= 11 is 1.71. The van der Waals surface area contributed by atoms with Gasteiger partial charge in [0.1, 0.15) is 0 Å². The molecule has 0 aromatic heterocycles. The first-order chi connectivity index (χ1) is 7.56. The quantitative estimate of drug-likeness (QED) is 0.793. The molecule has 5 heteroatoms. The minimum absolute atomic E-state index is 0.0760. The summed E-state index contributed by atoms with van der Waals surface area (Å²) in [5, 5.41) is 8.86. The van der Waals surface area contributed by atoms with E-state index in [1.165, 1.54) is 0 Å². The van der Waals surface area contributed by atoms with Crippen LogP contribution in [0.25, 0.3) is 0 Å². The summed E-state index contributed by atoms with van der Waals surface area (Å²) in [6.45, 7) is 0.744. The number of thioether (sulfide) groups is 1. The van der Waals surface area contributed by atoms with Crippen LogP contribution < -0.4 is 0 Å². The maximum atomic E-state index is 11.9. The van der Waals surface area contributed by atoms with Gasteiger partial charge in [0.15, 0.2) is 0 Å². The maximum Gasteiger partial charge on any atom is 0.306 e. The number of nitrogens with zero attached hydrogens (tertiary/aromatic N) is 1. The predicted molar refractivity (Wildman–Crippen MR) is 64.5 cm³/mol. The van der Waals surface area contributed by atoms with Crippen molar-refractivity contribution in [2.75, 3.05) is 25.6 Å². The molecule has 1 aliphatic carbocycles. The highest BCUT2D eigenvalue weighted by Gasteiger charge is 2.34. The van der Waals surface area contributed by atoms with Crippen LogP contribution in [0.3, 0.4) is 0 Å². The fourth-order valence-corrected chi connectivity index (χ4v) is 2.54. The van der Waals surface area contributed by atoms with Gasteiger partial charge in [0.05, 0.1) is 5.92 Å². The molecule has 1 fully saturated rings. The average molecular weight is 245 g/mol. The van der Waals surface area contributed by atoms with Gasteiger partial charge in [0.2, 0.25) is 5.91 Å². The molecule has 0 unspecified atom stereocenters. The fraction of sp³-hybridized carbons (Fsp3) is 0.818. The summed E-state index contributed by atoms with van der Waals surface area (Å²) in [7, 11) is 1.80. The second-order valence-electron chi connectivity index (χ2n) is 4.30. The Morgan fingerprint density at radius 2 is 2.00 bits per heavy atom. The first-order valence-corrected chi connectivity index (χ1v) is 6.92. The van der Waals surface area contributed by atoms with Gasteiger partial charge < -0.3 is 10.0 Å². The topological polar surface area (TPSA) is 57.6 Å². The van der Waals surface area contributed by atoms with Gasteiger partial charge in [0.25, 0.3) is 0 Å². The third-order valence-corrected chi connectivity index (χ3v) is 3.73. The fourth-order valence-electron chi connectivity index (χ4n) is 2.08. The highest BCUT2D eigenvalue weighted by atomic mass is 32.2. The molecule has 0 bridgehead atoms. The van der Waals surface area contributed by atoms with Gasteiger partial charge >= 0.3 is 5.97 Å². The van der Waals surface area contributed by atoms with Crippen LogP contribution in [-0.2, 0) is 9.59 Å². The van der Waals surface area contributed by atoms with Gasteiger partial charge in [-0.15, -0.1) is 0 Å². The van der Waals surface area contributed by atoms with Crippen molar-refractivity contribution in [3.05, 3.63) is 0 Å². The first-order valence-electron chi connectivity index (χ1n) is 5.53. The summed E-state index contributed by atoms with van der Waals surface area (Å²) in [6.07, 6.45) is 3.88. The van der Waals surface area contributed by atoms with Crippen molar-refractivity contribution >= 4 is 23.6 Å². The summed E-state index contributed by atoms with van der Waals surface area (Å²) < 4.78 is 0. The minimum Gasteiger partial charge on any atom is -0.481 e. The number of carbonyl (C=O) groups excluding carboxylic acids is 1. The molecule has 2 atom stereocenters. The molecule has 1 rings (SSSR count). The molecule has 0 saturated heterocycles. The summed E-state index contributed by atoms with van der Waals surface area (Å²) in [4.78, 5) is 24.5. The molecule has 0 spiro atoms. The number of rotatable bonds is 5. The molecule has 0 aromatic carbocycles. The molecule has 1 N–H and O–H groups in total. The lowest BCUT2D eigenvalue weighted by atomic mass is 10.0. The normalized spacial score (nSPS) is 24.4. The lowest BCUT2D eigenvalue weighted by molar-refractivity contribution is -0.141. The zero-order chi connectivity index (χ0) is 12.1. The summed E-state index contributed by atoms with van der Waals surface area (Å²) in [5.41, 5.74) is 0. The monoisotopic (exact) mass is 245 g/mol. The van der Waals surface area contributed by atoms with Crippen LogP contribution in [0.2, 0.25) is 0 Å². The maximum absolute atomic E-state index is 11.9. The number of hydrogen-bond donors (Lipinski definition) is 1. The SMILES string of the molecule is CSCCN(C)C(=O)[C@@H]1CC[C@H](C(=O)O)C1. The van der Waals surface area contributed by atoms with Crippen LogP contribution in [0.4, 0.5) is 0 Å². The van der Waals surface area contributed by atoms with E-state index in [2.05, 4.69) is 0 Å². The van der Waals surface area contributed by atoms with Crippen molar-refractivity contribution in [2.45, 2.75) is 19.3 Å². The Morgan fingerprint density at radius 3 is 2.50 bits per heavy atom. The molecular formula is C11H19NO3S. The molecule has 1 saturated carbocycles. The van der Waals surface area contributed by atoms with Crippen molar-refractivity contribution in [1.82, 2.24) is 4.90 Å². The molecular weight excluding hydrogens is 226 g/mol. The van der Waals surface area contributed by atoms with Crippen LogP contribution >= 0.6 is 11.8 Å². The number of carboxylic acid groups (broad SMARTS) is 1. The first kappa shape index (κ1) is 13.4. The molecule has 0 heterocycles. The van der Waals surface area contributed by atoms with E-state index in [4.69, 9.17) is 5.11 Å². The predicted octanol–water partition coefficient (Wildman–Crippen LogP) is 1.31.